The van der Waals surface area contributed by atoms with Gasteiger partial charge < -0.3 is 9.72 Å². The Bertz CT molecular complexity index is 1390. The third kappa shape index (κ3) is 4.10. The van der Waals surface area contributed by atoms with E-state index in [9.17, 15) is 21.6 Å². The number of carbonyl (C=O) groups excluding carboxylic acids is 1. The molecule has 3 aromatic rings. The van der Waals surface area contributed by atoms with Crippen molar-refractivity contribution in [3.63, 3.8) is 0 Å². The summed E-state index contributed by atoms with van der Waals surface area (Å²) in [4.78, 5) is 15.2. The number of rotatable bonds is 7. The summed E-state index contributed by atoms with van der Waals surface area (Å²) in [5, 5.41) is 0.974. The topological polar surface area (TPSA) is 126 Å². The van der Waals surface area contributed by atoms with Crippen molar-refractivity contribution >= 4 is 42.5 Å². The van der Waals surface area contributed by atoms with Gasteiger partial charge >= 0.3 is 0 Å². The summed E-state index contributed by atoms with van der Waals surface area (Å²) in [6, 6.07) is 10.9. The number of benzene rings is 2. The van der Waals surface area contributed by atoms with Crippen LogP contribution in [0, 0.1) is 6.92 Å². The largest absolute Gasteiger partial charge is 0.497 e. The number of amides is 1. The van der Waals surface area contributed by atoms with Crippen LogP contribution >= 0.6 is 0 Å². The highest BCUT2D eigenvalue weighted by atomic mass is 32.2. The lowest BCUT2D eigenvalue weighted by Crippen LogP contribution is -2.29. The number of H-pyrrole nitrogens is 1. The summed E-state index contributed by atoms with van der Waals surface area (Å²) in [6.45, 7) is 2.11. The van der Waals surface area contributed by atoms with Gasteiger partial charge in [-0.1, -0.05) is 0 Å². The molecule has 2 aromatic carbocycles. The Morgan fingerprint density at radius 3 is 2.50 bits per heavy atom. The molecule has 0 bridgehead atoms. The number of fused-ring (bicyclic) bond motifs is 1. The molecule has 9 nitrogen and oxygen atoms in total. The maximum atomic E-state index is 12.7. The molecule has 0 aliphatic carbocycles. The minimum Gasteiger partial charge on any atom is -0.497 e. The second kappa shape index (κ2) is 8.23. The fourth-order valence-electron chi connectivity index (χ4n) is 3.83. The van der Waals surface area contributed by atoms with E-state index in [-0.39, 0.29) is 29.3 Å². The summed E-state index contributed by atoms with van der Waals surface area (Å²) < 4.78 is 58.0. The molecular weight excluding hydrogens is 454 g/mol. The van der Waals surface area contributed by atoms with Gasteiger partial charge in [0.05, 0.1) is 23.4 Å². The van der Waals surface area contributed by atoms with E-state index in [1.165, 1.54) is 24.3 Å². The first-order valence-electron chi connectivity index (χ1n) is 9.93. The van der Waals surface area contributed by atoms with Crippen LogP contribution in [0.5, 0.6) is 5.75 Å². The molecule has 2 N–H and O–H groups in total. The van der Waals surface area contributed by atoms with Crippen LogP contribution in [0.15, 0.2) is 47.4 Å². The van der Waals surface area contributed by atoms with Crippen molar-refractivity contribution in [2.75, 3.05) is 23.7 Å². The predicted octanol–water partition coefficient (Wildman–Crippen LogP) is 2.07. The van der Waals surface area contributed by atoms with Crippen molar-refractivity contribution in [2.45, 2.75) is 24.7 Å². The summed E-state index contributed by atoms with van der Waals surface area (Å²) in [7, 11) is -5.92. The molecule has 1 aliphatic rings. The normalized spacial score (nSPS) is 16.1. The van der Waals surface area contributed by atoms with Gasteiger partial charge in [0.2, 0.25) is 26.0 Å². The average molecular weight is 478 g/mol. The van der Waals surface area contributed by atoms with Crippen molar-refractivity contribution in [1.82, 2.24) is 9.71 Å². The van der Waals surface area contributed by atoms with E-state index in [0.29, 0.717) is 6.42 Å². The number of aryl methyl sites for hydroxylation is 1. The molecule has 170 valence electrons. The van der Waals surface area contributed by atoms with Crippen LogP contribution in [0.25, 0.3) is 10.9 Å². The summed E-state index contributed by atoms with van der Waals surface area (Å²) in [5.41, 5.74) is 3.03. The highest BCUT2D eigenvalue weighted by Crippen LogP contribution is 2.28. The maximum Gasteiger partial charge on any atom is 0.242 e. The SMILES string of the molecule is COc1ccc2[nH]c(C)c(CCNS(=O)(=O)c3ccc(N4C(=O)CCS4(=O)=O)cc3)c2c1. The minimum absolute atomic E-state index is 0.0115. The maximum absolute atomic E-state index is 12.7. The molecule has 0 saturated carbocycles. The van der Waals surface area contributed by atoms with Crippen LogP contribution in [-0.2, 0) is 31.3 Å². The molecule has 4 rings (SSSR count). The van der Waals surface area contributed by atoms with Crippen LogP contribution in [0.2, 0.25) is 0 Å². The van der Waals surface area contributed by atoms with Gasteiger partial charge in [0, 0.05) is 29.6 Å². The van der Waals surface area contributed by atoms with Crippen molar-refractivity contribution < 1.29 is 26.4 Å². The molecule has 1 aliphatic heterocycles. The number of hydrogen-bond acceptors (Lipinski definition) is 6. The van der Waals surface area contributed by atoms with Crippen molar-refractivity contribution in [1.29, 1.82) is 0 Å². The molecule has 0 atom stereocenters. The molecule has 2 heterocycles. The Kier molecular flexibility index (Phi) is 5.74. The highest BCUT2D eigenvalue weighted by Gasteiger charge is 2.36. The zero-order chi connectivity index (χ0) is 23.1. The molecule has 0 unspecified atom stereocenters. The minimum atomic E-state index is -3.81. The molecule has 0 spiro atoms. The zero-order valence-corrected chi connectivity index (χ0v) is 19.2. The van der Waals surface area contributed by atoms with Crippen molar-refractivity contribution in [3.05, 3.63) is 53.7 Å². The quantitative estimate of drug-likeness (QED) is 0.537. The summed E-state index contributed by atoms with van der Waals surface area (Å²) in [6.07, 6.45) is 0.389. The highest BCUT2D eigenvalue weighted by molar-refractivity contribution is 7.94. The van der Waals surface area contributed by atoms with Crippen LogP contribution < -0.4 is 13.8 Å². The standard InChI is InChI=1S/C21H23N3O6S2/c1-14-18(19-13-16(30-2)5-8-20(19)23-14)9-11-22-32(28,29)17-6-3-15(4-7-17)24-21(25)10-12-31(24,26)27/h3-8,13,22-23H,9-12H2,1-2H3. The lowest BCUT2D eigenvalue weighted by atomic mass is 10.1. The van der Waals surface area contributed by atoms with E-state index in [2.05, 4.69) is 9.71 Å². The first-order valence-corrected chi connectivity index (χ1v) is 13.0. The van der Waals surface area contributed by atoms with Gasteiger partial charge in [0.15, 0.2) is 0 Å². The van der Waals surface area contributed by atoms with E-state index >= 15 is 0 Å². The first-order chi connectivity index (χ1) is 15.1. The summed E-state index contributed by atoms with van der Waals surface area (Å²) >= 11 is 0. The fourth-order valence-corrected chi connectivity index (χ4v) is 6.33. The molecular formula is C21H23N3O6S2. The van der Waals surface area contributed by atoms with Gasteiger partial charge in [-0.05, 0) is 61.4 Å². The number of nitrogens with one attached hydrogen (secondary N) is 2. The smallest absolute Gasteiger partial charge is 0.242 e. The molecule has 0 radical (unpaired) electrons. The molecule has 1 fully saturated rings. The fraction of sp³-hybridized carbons (Fsp3) is 0.286. The van der Waals surface area contributed by atoms with Gasteiger partial charge in [-0.15, -0.1) is 0 Å². The number of carbonyl (C=O) groups is 1. The van der Waals surface area contributed by atoms with Gasteiger partial charge in [0.25, 0.3) is 0 Å². The van der Waals surface area contributed by atoms with E-state index in [4.69, 9.17) is 4.74 Å². The number of hydrogen-bond donors (Lipinski definition) is 2. The first kappa shape index (κ1) is 22.3. The number of aromatic amines is 1. The third-order valence-electron chi connectivity index (χ3n) is 5.45. The monoisotopic (exact) mass is 477 g/mol. The molecule has 1 saturated heterocycles. The van der Waals surface area contributed by atoms with E-state index in [0.717, 1.165) is 32.2 Å². The lowest BCUT2D eigenvalue weighted by molar-refractivity contribution is -0.116. The van der Waals surface area contributed by atoms with Crippen LogP contribution in [0.1, 0.15) is 17.7 Å². The van der Waals surface area contributed by atoms with Gasteiger partial charge in [0.1, 0.15) is 5.75 Å². The Labute approximate surface area is 186 Å². The lowest BCUT2D eigenvalue weighted by Gasteiger charge is -2.15. The van der Waals surface area contributed by atoms with Gasteiger partial charge in [-0.3, -0.25) is 4.79 Å². The Hall–Kier alpha value is -2.89. The number of nitrogens with zero attached hydrogens (tertiary/aromatic N) is 1. The third-order valence-corrected chi connectivity index (χ3v) is 8.62. The average Bonchev–Trinajstić information content (AvgIpc) is 3.21. The number of sulfonamides is 2. The Balaban J connectivity index is 1.48. The van der Waals surface area contributed by atoms with E-state index in [1.807, 2.05) is 25.1 Å². The Morgan fingerprint density at radius 1 is 1.16 bits per heavy atom. The van der Waals surface area contributed by atoms with E-state index in [1.54, 1.807) is 7.11 Å². The molecule has 32 heavy (non-hydrogen) atoms. The van der Waals surface area contributed by atoms with Crippen LogP contribution in [-0.4, -0.2) is 47.1 Å². The number of anilines is 1. The van der Waals surface area contributed by atoms with Gasteiger partial charge in [-0.2, -0.15) is 0 Å². The molecule has 11 heteroatoms. The van der Waals surface area contributed by atoms with Crippen molar-refractivity contribution in [3.8, 4) is 5.75 Å². The number of methoxy groups -OCH3 is 1. The summed E-state index contributed by atoms with van der Waals surface area (Å²) in [5.74, 6) is -0.0478. The Morgan fingerprint density at radius 2 is 1.88 bits per heavy atom. The number of ether oxygens (including phenoxy) is 1. The van der Waals surface area contributed by atoms with E-state index < -0.39 is 26.0 Å². The number of aromatic nitrogens is 1. The molecule has 1 aromatic heterocycles. The van der Waals surface area contributed by atoms with Gasteiger partial charge in [-0.25, -0.2) is 25.9 Å². The van der Waals surface area contributed by atoms with Crippen LogP contribution in [0.4, 0.5) is 5.69 Å². The second-order valence-corrected chi connectivity index (χ2v) is 11.2. The predicted molar refractivity (Wildman–Crippen MR) is 121 cm³/mol. The van der Waals surface area contributed by atoms with Crippen LogP contribution in [0.3, 0.4) is 0 Å². The van der Waals surface area contributed by atoms with Crippen molar-refractivity contribution in [2.24, 2.45) is 0 Å². The molecule has 1 amide bonds. The second-order valence-electron chi connectivity index (χ2n) is 7.51. The zero-order valence-electron chi connectivity index (χ0n) is 17.6.